The average Bonchev–Trinajstić information content (AvgIpc) is 3.37. The van der Waals surface area contributed by atoms with Gasteiger partial charge in [-0.1, -0.05) is 18.2 Å². The number of carbonyl (C=O) groups excluding carboxylic acids is 1. The quantitative estimate of drug-likeness (QED) is 0.768. The molecule has 0 spiro atoms. The van der Waals surface area contributed by atoms with Crippen molar-refractivity contribution < 1.29 is 9.53 Å². The first kappa shape index (κ1) is 18.8. The molecule has 0 saturated carbocycles. The largest absolute Gasteiger partial charge is 0.479 e. The van der Waals surface area contributed by atoms with Gasteiger partial charge < -0.3 is 20.7 Å². The summed E-state index contributed by atoms with van der Waals surface area (Å²) in [6, 6.07) is 10.4. The highest BCUT2D eigenvalue weighted by atomic mass is 16.5. The Morgan fingerprint density at radius 3 is 2.61 bits per heavy atom. The van der Waals surface area contributed by atoms with Crippen LogP contribution in [-0.2, 0) is 0 Å². The predicted molar refractivity (Wildman–Crippen MR) is 108 cm³/mol. The zero-order valence-corrected chi connectivity index (χ0v) is 16.3. The highest BCUT2D eigenvalue weighted by molar-refractivity contribution is 6.00. The number of piperazine rings is 1. The van der Waals surface area contributed by atoms with Crippen molar-refractivity contribution in [2.45, 2.75) is 18.9 Å². The van der Waals surface area contributed by atoms with E-state index in [1.807, 2.05) is 30.3 Å². The summed E-state index contributed by atoms with van der Waals surface area (Å²) >= 11 is 0. The van der Waals surface area contributed by atoms with Crippen molar-refractivity contribution >= 4 is 11.7 Å². The van der Waals surface area contributed by atoms with Crippen LogP contribution in [0.3, 0.4) is 0 Å². The van der Waals surface area contributed by atoms with Gasteiger partial charge >= 0.3 is 0 Å². The van der Waals surface area contributed by atoms with E-state index in [0.29, 0.717) is 17.4 Å². The van der Waals surface area contributed by atoms with Crippen molar-refractivity contribution in [2.75, 3.05) is 51.3 Å². The number of para-hydroxylation sites is 1. The lowest BCUT2D eigenvalue weighted by molar-refractivity contribution is 0.0997. The molecule has 3 heterocycles. The van der Waals surface area contributed by atoms with E-state index in [2.05, 4.69) is 20.2 Å². The fraction of sp³-hybridized carbons (Fsp3) is 0.500. The minimum atomic E-state index is -0.522. The molecule has 28 heavy (non-hydrogen) atoms. The van der Waals surface area contributed by atoms with Gasteiger partial charge in [-0.2, -0.15) is 0 Å². The Morgan fingerprint density at radius 2 is 2.00 bits per heavy atom. The standard InChI is InChI=1S/C20H28N6O2/c1-28-19-17(18(21)27)20(26(23-19)16-7-3-2-4-8-16)25-12-10-24(11-13-25)14-15-6-5-9-22-15/h2-4,7-8,15,22H,5-6,9-14H2,1H3,(H2,21,27). The number of nitrogens with zero attached hydrogens (tertiary/aromatic N) is 4. The lowest BCUT2D eigenvalue weighted by Gasteiger charge is -2.37. The highest BCUT2D eigenvalue weighted by Crippen LogP contribution is 2.32. The van der Waals surface area contributed by atoms with Crippen LogP contribution in [0.5, 0.6) is 5.88 Å². The van der Waals surface area contributed by atoms with Crippen LogP contribution in [0, 0.1) is 0 Å². The van der Waals surface area contributed by atoms with Crippen LogP contribution in [0.2, 0.25) is 0 Å². The molecule has 8 nitrogen and oxygen atoms in total. The molecule has 2 aliphatic heterocycles. The van der Waals surface area contributed by atoms with Crippen molar-refractivity contribution in [3.8, 4) is 11.6 Å². The van der Waals surface area contributed by atoms with E-state index in [4.69, 9.17) is 10.5 Å². The number of aromatic nitrogens is 2. The Balaban J connectivity index is 1.59. The summed E-state index contributed by atoms with van der Waals surface area (Å²) < 4.78 is 7.14. The molecule has 0 bridgehead atoms. The molecular weight excluding hydrogens is 356 g/mol. The predicted octanol–water partition coefficient (Wildman–Crippen LogP) is 0.854. The normalized spacial score (nSPS) is 20.5. The summed E-state index contributed by atoms with van der Waals surface area (Å²) in [6.45, 7) is 5.72. The number of hydrogen-bond donors (Lipinski definition) is 2. The number of rotatable bonds is 6. The molecule has 2 aromatic rings. The maximum atomic E-state index is 12.2. The van der Waals surface area contributed by atoms with Gasteiger partial charge in [0.25, 0.3) is 5.91 Å². The topological polar surface area (TPSA) is 88.7 Å². The molecule has 8 heteroatoms. The molecule has 4 rings (SSSR count). The van der Waals surface area contributed by atoms with Crippen molar-refractivity contribution in [1.82, 2.24) is 20.0 Å². The van der Waals surface area contributed by atoms with Gasteiger partial charge in [-0.25, -0.2) is 4.68 Å². The lowest BCUT2D eigenvalue weighted by atomic mass is 10.2. The number of carbonyl (C=O) groups is 1. The number of nitrogens with one attached hydrogen (secondary N) is 1. The molecule has 2 aliphatic rings. The smallest absolute Gasteiger partial charge is 0.258 e. The zero-order valence-electron chi connectivity index (χ0n) is 16.3. The molecule has 2 fully saturated rings. The summed E-state index contributed by atoms with van der Waals surface area (Å²) in [7, 11) is 1.51. The van der Waals surface area contributed by atoms with Crippen molar-refractivity contribution in [3.05, 3.63) is 35.9 Å². The molecular formula is C20H28N6O2. The first-order valence-electron chi connectivity index (χ1n) is 9.90. The van der Waals surface area contributed by atoms with Gasteiger partial charge in [-0.15, -0.1) is 5.10 Å². The monoisotopic (exact) mass is 384 g/mol. The Bertz CT molecular complexity index is 808. The Labute approximate surface area is 165 Å². The molecule has 2 saturated heterocycles. The van der Waals surface area contributed by atoms with E-state index < -0.39 is 5.91 Å². The number of hydrogen-bond acceptors (Lipinski definition) is 6. The highest BCUT2D eigenvalue weighted by Gasteiger charge is 2.30. The van der Waals surface area contributed by atoms with Crippen LogP contribution in [-0.4, -0.2) is 73.0 Å². The maximum Gasteiger partial charge on any atom is 0.258 e. The molecule has 150 valence electrons. The minimum Gasteiger partial charge on any atom is -0.479 e. The van der Waals surface area contributed by atoms with E-state index in [0.717, 1.165) is 45.0 Å². The summed E-state index contributed by atoms with van der Waals surface area (Å²) in [5, 5.41) is 8.09. The second kappa shape index (κ2) is 8.20. The summed E-state index contributed by atoms with van der Waals surface area (Å²) in [4.78, 5) is 16.9. The van der Waals surface area contributed by atoms with Crippen molar-refractivity contribution in [2.24, 2.45) is 5.73 Å². The van der Waals surface area contributed by atoms with E-state index in [-0.39, 0.29) is 5.88 Å². The zero-order chi connectivity index (χ0) is 19.5. The number of methoxy groups -OCH3 is 1. The fourth-order valence-electron chi connectivity index (χ4n) is 4.16. The molecule has 0 radical (unpaired) electrons. The SMILES string of the molecule is COc1nn(-c2ccccc2)c(N2CCN(CC3CCCN3)CC2)c1C(N)=O. The molecule has 1 atom stereocenters. The Morgan fingerprint density at radius 1 is 1.25 bits per heavy atom. The van der Waals surface area contributed by atoms with E-state index in [9.17, 15) is 4.79 Å². The first-order valence-corrected chi connectivity index (χ1v) is 9.90. The third-order valence-corrected chi connectivity index (χ3v) is 5.58. The van der Waals surface area contributed by atoms with Gasteiger partial charge in [0.1, 0.15) is 11.4 Å². The second-order valence-electron chi connectivity index (χ2n) is 7.40. The summed E-state index contributed by atoms with van der Waals surface area (Å²) in [5.41, 5.74) is 6.93. The molecule has 3 N–H and O–H groups in total. The van der Waals surface area contributed by atoms with Crippen molar-refractivity contribution in [3.63, 3.8) is 0 Å². The van der Waals surface area contributed by atoms with Gasteiger partial charge in [0.15, 0.2) is 0 Å². The Hall–Kier alpha value is -2.58. The first-order chi connectivity index (χ1) is 13.7. The van der Waals surface area contributed by atoms with Crippen LogP contribution < -0.4 is 20.7 Å². The van der Waals surface area contributed by atoms with Crippen LogP contribution >= 0.6 is 0 Å². The average molecular weight is 384 g/mol. The second-order valence-corrected chi connectivity index (χ2v) is 7.40. The van der Waals surface area contributed by atoms with Gasteiger partial charge in [-0.3, -0.25) is 9.69 Å². The number of primary amides is 1. The lowest BCUT2D eigenvalue weighted by Crippen LogP contribution is -2.50. The maximum absolute atomic E-state index is 12.2. The number of benzene rings is 1. The number of amides is 1. The van der Waals surface area contributed by atoms with Gasteiger partial charge in [0.2, 0.25) is 5.88 Å². The third kappa shape index (κ3) is 3.70. The fourth-order valence-corrected chi connectivity index (χ4v) is 4.16. The summed E-state index contributed by atoms with van der Waals surface area (Å²) in [5.74, 6) is 0.463. The van der Waals surface area contributed by atoms with E-state index >= 15 is 0 Å². The van der Waals surface area contributed by atoms with Gasteiger partial charge in [0, 0.05) is 38.8 Å². The van der Waals surface area contributed by atoms with E-state index in [1.54, 1.807) is 4.68 Å². The van der Waals surface area contributed by atoms with Crippen LogP contribution in [0.15, 0.2) is 30.3 Å². The molecule has 1 unspecified atom stereocenters. The molecule has 1 amide bonds. The van der Waals surface area contributed by atoms with E-state index in [1.165, 1.54) is 20.0 Å². The third-order valence-electron chi connectivity index (χ3n) is 5.58. The van der Waals surface area contributed by atoms with Gasteiger partial charge in [0.05, 0.1) is 12.8 Å². The molecule has 0 aliphatic carbocycles. The number of ether oxygens (including phenoxy) is 1. The van der Waals surface area contributed by atoms with Gasteiger partial charge in [-0.05, 0) is 31.5 Å². The van der Waals surface area contributed by atoms with Crippen LogP contribution in [0.1, 0.15) is 23.2 Å². The van der Waals surface area contributed by atoms with Crippen molar-refractivity contribution in [1.29, 1.82) is 0 Å². The minimum absolute atomic E-state index is 0.268. The summed E-state index contributed by atoms with van der Waals surface area (Å²) in [6.07, 6.45) is 2.52. The van der Waals surface area contributed by atoms with Crippen LogP contribution in [0.4, 0.5) is 5.82 Å². The molecule has 1 aromatic heterocycles. The van der Waals surface area contributed by atoms with Crippen LogP contribution in [0.25, 0.3) is 5.69 Å². The molecule has 1 aromatic carbocycles. The Kier molecular flexibility index (Phi) is 5.50. The number of nitrogens with two attached hydrogens (primary N) is 1. The number of anilines is 1.